The predicted molar refractivity (Wildman–Crippen MR) is 63.9 cm³/mol. The molecule has 0 spiro atoms. The zero-order valence-corrected chi connectivity index (χ0v) is 11.0. The first-order valence-corrected chi connectivity index (χ1v) is 7.47. The number of nitrogens with zero attached hydrogens (tertiary/aromatic N) is 2. The number of carbonyl (C=O) groups is 1. The molecule has 1 saturated heterocycles. The fourth-order valence-electron chi connectivity index (χ4n) is 1.95. The average molecular weight is 258 g/mol. The van der Waals surface area contributed by atoms with Crippen molar-refractivity contribution in [1.82, 2.24) is 4.90 Å². The number of amides is 1. The molecule has 1 aliphatic rings. The number of carbonyl (C=O) groups excluding carboxylic acids is 1. The first-order valence-electron chi connectivity index (χ1n) is 5.75. The van der Waals surface area contributed by atoms with Crippen LogP contribution < -0.4 is 0 Å². The zero-order chi connectivity index (χ0) is 13.1. The van der Waals surface area contributed by atoms with Gasteiger partial charge in [-0.05, 0) is 19.8 Å². The van der Waals surface area contributed by atoms with Gasteiger partial charge in [-0.3, -0.25) is 4.79 Å². The molecule has 2 atom stereocenters. The van der Waals surface area contributed by atoms with Crippen molar-refractivity contribution < 1.29 is 13.2 Å². The number of rotatable bonds is 3. The highest BCUT2D eigenvalue weighted by Crippen LogP contribution is 2.22. The summed E-state index contributed by atoms with van der Waals surface area (Å²) in [6.45, 7) is 1.75. The Kier molecular flexibility index (Phi) is 4.52. The molecule has 0 aromatic carbocycles. The van der Waals surface area contributed by atoms with E-state index in [2.05, 4.69) is 0 Å². The van der Waals surface area contributed by atoms with E-state index < -0.39 is 15.1 Å². The van der Waals surface area contributed by atoms with Gasteiger partial charge in [0.1, 0.15) is 5.25 Å². The summed E-state index contributed by atoms with van der Waals surface area (Å²) >= 11 is 0. The quantitative estimate of drug-likeness (QED) is 0.747. The van der Waals surface area contributed by atoms with Gasteiger partial charge in [-0.25, -0.2) is 8.42 Å². The van der Waals surface area contributed by atoms with Crippen molar-refractivity contribution in [3.8, 4) is 6.07 Å². The second kappa shape index (κ2) is 5.50. The van der Waals surface area contributed by atoms with Crippen LogP contribution >= 0.6 is 0 Å². The summed E-state index contributed by atoms with van der Waals surface area (Å²) in [6, 6.07) is 1.74. The van der Waals surface area contributed by atoms with Crippen LogP contribution in [0.25, 0.3) is 0 Å². The lowest BCUT2D eigenvalue weighted by Gasteiger charge is -2.29. The van der Waals surface area contributed by atoms with Gasteiger partial charge >= 0.3 is 0 Å². The van der Waals surface area contributed by atoms with Crippen LogP contribution in [0.1, 0.15) is 32.6 Å². The Labute approximate surface area is 102 Å². The van der Waals surface area contributed by atoms with Gasteiger partial charge in [-0.1, -0.05) is 6.42 Å². The topological polar surface area (TPSA) is 78.2 Å². The van der Waals surface area contributed by atoms with Crippen LogP contribution in [0.15, 0.2) is 0 Å². The summed E-state index contributed by atoms with van der Waals surface area (Å²) in [4.78, 5) is 13.5. The third-order valence-electron chi connectivity index (χ3n) is 3.25. The van der Waals surface area contributed by atoms with Gasteiger partial charge < -0.3 is 4.90 Å². The molecule has 6 heteroatoms. The molecule has 0 aromatic heterocycles. The SMILES string of the molecule is CC(CC#N)N(C)C(=O)C1CCCCS1(=O)=O. The maximum Gasteiger partial charge on any atom is 0.240 e. The van der Waals surface area contributed by atoms with Gasteiger partial charge in [-0.15, -0.1) is 0 Å². The molecule has 0 aromatic rings. The summed E-state index contributed by atoms with van der Waals surface area (Å²) in [5, 5.41) is 7.67. The normalized spacial score (nSPS) is 24.6. The van der Waals surface area contributed by atoms with E-state index in [-0.39, 0.29) is 24.1 Å². The van der Waals surface area contributed by atoms with E-state index in [9.17, 15) is 13.2 Å². The highest BCUT2D eigenvalue weighted by molar-refractivity contribution is 7.92. The molecule has 1 amide bonds. The van der Waals surface area contributed by atoms with E-state index in [1.807, 2.05) is 6.07 Å². The van der Waals surface area contributed by atoms with Crippen LogP contribution in [0, 0.1) is 11.3 Å². The Morgan fingerprint density at radius 2 is 2.18 bits per heavy atom. The first kappa shape index (κ1) is 14.0. The Hall–Kier alpha value is -1.09. The minimum atomic E-state index is -3.29. The van der Waals surface area contributed by atoms with E-state index in [1.54, 1.807) is 14.0 Å². The van der Waals surface area contributed by atoms with Crippen LogP contribution in [-0.2, 0) is 14.6 Å². The number of nitriles is 1. The maximum atomic E-state index is 12.1. The fraction of sp³-hybridized carbons (Fsp3) is 0.818. The lowest BCUT2D eigenvalue weighted by atomic mass is 10.1. The van der Waals surface area contributed by atoms with Crippen molar-refractivity contribution in [1.29, 1.82) is 5.26 Å². The Balaban J connectivity index is 2.79. The van der Waals surface area contributed by atoms with Crippen LogP contribution in [-0.4, -0.2) is 43.3 Å². The van der Waals surface area contributed by atoms with Crippen LogP contribution in [0.2, 0.25) is 0 Å². The standard InChI is InChI=1S/C11H18N2O3S/c1-9(6-7-12)13(2)11(14)10-5-3-4-8-17(10,15)16/h9-10H,3-6,8H2,1-2H3. The van der Waals surface area contributed by atoms with Gasteiger partial charge in [-0.2, -0.15) is 5.26 Å². The minimum absolute atomic E-state index is 0.101. The van der Waals surface area contributed by atoms with Crippen molar-refractivity contribution in [3.63, 3.8) is 0 Å². The van der Waals surface area contributed by atoms with E-state index in [0.29, 0.717) is 12.8 Å². The van der Waals surface area contributed by atoms with E-state index in [0.717, 1.165) is 6.42 Å². The van der Waals surface area contributed by atoms with Crippen molar-refractivity contribution in [2.75, 3.05) is 12.8 Å². The van der Waals surface area contributed by atoms with E-state index in [4.69, 9.17) is 5.26 Å². The van der Waals surface area contributed by atoms with Crippen LogP contribution in [0.5, 0.6) is 0 Å². The lowest BCUT2D eigenvalue weighted by molar-refractivity contribution is -0.131. The summed E-state index contributed by atoms with van der Waals surface area (Å²) in [5.41, 5.74) is 0. The first-order chi connectivity index (χ1) is 7.90. The van der Waals surface area contributed by atoms with Crippen LogP contribution in [0.3, 0.4) is 0 Å². The fourth-order valence-corrected chi connectivity index (χ4v) is 3.84. The summed E-state index contributed by atoms with van der Waals surface area (Å²) < 4.78 is 23.6. The minimum Gasteiger partial charge on any atom is -0.341 e. The Morgan fingerprint density at radius 1 is 1.53 bits per heavy atom. The number of hydrogen-bond acceptors (Lipinski definition) is 4. The maximum absolute atomic E-state index is 12.1. The largest absolute Gasteiger partial charge is 0.341 e. The second-order valence-corrected chi connectivity index (χ2v) is 6.81. The monoisotopic (exact) mass is 258 g/mol. The molecule has 17 heavy (non-hydrogen) atoms. The molecule has 1 heterocycles. The molecule has 0 N–H and O–H groups in total. The molecular weight excluding hydrogens is 240 g/mol. The molecule has 0 bridgehead atoms. The molecule has 0 aliphatic carbocycles. The average Bonchev–Trinajstić information content (AvgIpc) is 2.27. The van der Waals surface area contributed by atoms with Crippen molar-refractivity contribution in [2.45, 2.75) is 43.9 Å². The predicted octanol–water partition coefficient (Wildman–Crippen LogP) is 0.714. The summed E-state index contributed by atoms with van der Waals surface area (Å²) in [5.74, 6) is -0.267. The molecular formula is C11H18N2O3S. The van der Waals surface area contributed by atoms with Gasteiger partial charge in [0.25, 0.3) is 0 Å². The van der Waals surface area contributed by atoms with Gasteiger partial charge in [0, 0.05) is 13.1 Å². The van der Waals surface area contributed by atoms with Crippen molar-refractivity contribution in [3.05, 3.63) is 0 Å². The molecule has 1 fully saturated rings. The third-order valence-corrected chi connectivity index (χ3v) is 5.41. The summed E-state index contributed by atoms with van der Waals surface area (Å²) in [6.07, 6.45) is 2.04. The zero-order valence-electron chi connectivity index (χ0n) is 10.2. The van der Waals surface area contributed by atoms with E-state index >= 15 is 0 Å². The van der Waals surface area contributed by atoms with Gasteiger partial charge in [0.05, 0.1) is 18.2 Å². The van der Waals surface area contributed by atoms with E-state index in [1.165, 1.54) is 4.90 Å². The molecule has 0 radical (unpaired) electrons. The van der Waals surface area contributed by atoms with Crippen LogP contribution in [0.4, 0.5) is 0 Å². The highest BCUT2D eigenvalue weighted by Gasteiger charge is 2.37. The second-order valence-electron chi connectivity index (χ2n) is 4.51. The molecule has 2 unspecified atom stereocenters. The number of hydrogen-bond donors (Lipinski definition) is 0. The molecule has 96 valence electrons. The lowest BCUT2D eigenvalue weighted by Crippen LogP contribution is -2.46. The molecule has 1 aliphatic heterocycles. The third kappa shape index (κ3) is 3.19. The molecule has 5 nitrogen and oxygen atoms in total. The molecule has 0 saturated carbocycles. The van der Waals surface area contributed by atoms with Gasteiger partial charge in [0.15, 0.2) is 9.84 Å². The van der Waals surface area contributed by atoms with Crippen molar-refractivity contribution >= 4 is 15.7 Å². The smallest absolute Gasteiger partial charge is 0.240 e. The Morgan fingerprint density at radius 3 is 2.71 bits per heavy atom. The van der Waals surface area contributed by atoms with Gasteiger partial charge in [0.2, 0.25) is 5.91 Å². The number of sulfone groups is 1. The highest BCUT2D eigenvalue weighted by atomic mass is 32.2. The Bertz CT molecular complexity index is 424. The van der Waals surface area contributed by atoms with Crippen molar-refractivity contribution in [2.24, 2.45) is 0 Å². The summed E-state index contributed by atoms with van der Waals surface area (Å²) in [7, 11) is -1.73. The molecule has 1 rings (SSSR count).